The molecule has 4 rings (SSSR count). The quantitative estimate of drug-likeness (QED) is 0.279. The number of esters is 2. The van der Waals surface area contributed by atoms with Crippen LogP contribution in [0.1, 0.15) is 37.4 Å². The Labute approximate surface area is 198 Å². The van der Waals surface area contributed by atoms with Crippen molar-refractivity contribution in [2.24, 2.45) is 0 Å². The highest BCUT2D eigenvalue weighted by Gasteiger charge is 2.13. The number of aryl methyl sites for hydroxylation is 3. The van der Waals surface area contributed by atoms with Crippen LogP contribution in [0, 0.1) is 20.8 Å². The first kappa shape index (κ1) is 22.8. The molecular weight excluding hydrogens is 428 g/mol. The second kappa shape index (κ2) is 9.63. The van der Waals surface area contributed by atoms with Gasteiger partial charge in [-0.2, -0.15) is 0 Å². The summed E-state index contributed by atoms with van der Waals surface area (Å²) in [6, 6.07) is 24.1. The van der Waals surface area contributed by atoms with Crippen molar-refractivity contribution in [2.75, 3.05) is 0 Å². The van der Waals surface area contributed by atoms with Crippen LogP contribution < -0.4 is 9.47 Å². The molecule has 0 saturated carbocycles. The summed E-state index contributed by atoms with van der Waals surface area (Å²) in [5, 5.41) is 9.37. The molecule has 0 bridgehead atoms. The zero-order valence-electron chi connectivity index (χ0n) is 19.2. The van der Waals surface area contributed by atoms with Gasteiger partial charge in [0.25, 0.3) is 0 Å². The molecule has 34 heavy (non-hydrogen) atoms. The zero-order chi connectivity index (χ0) is 24.2. The van der Waals surface area contributed by atoms with Gasteiger partial charge in [-0.15, -0.1) is 0 Å². The molecule has 4 aromatic rings. The van der Waals surface area contributed by atoms with Crippen molar-refractivity contribution in [1.29, 1.82) is 0 Å². The molecule has 4 aromatic carbocycles. The zero-order valence-corrected chi connectivity index (χ0v) is 19.2. The minimum Gasteiger partial charge on any atom is -0.508 e. The Morgan fingerprint density at radius 2 is 1.00 bits per heavy atom. The summed E-state index contributed by atoms with van der Waals surface area (Å²) in [6.07, 6.45) is 0. The highest BCUT2D eigenvalue weighted by atomic mass is 16.5. The van der Waals surface area contributed by atoms with Crippen molar-refractivity contribution in [2.45, 2.75) is 20.8 Å². The Morgan fingerprint density at radius 1 is 0.588 bits per heavy atom. The average molecular weight is 453 g/mol. The summed E-state index contributed by atoms with van der Waals surface area (Å²) < 4.78 is 11.0. The number of carbonyl (C=O) groups is 2. The Bertz CT molecular complexity index is 1250. The number of benzene rings is 4. The first-order valence-electron chi connectivity index (χ1n) is 10.8. The Hall–Kier alpha value is -4.38. The first-order valence-corrected chi connectivity index (χ1v) is 10.8. The largest absolute Gasteiger partial charge is 0.508 e. The summed E-state index contributed by atoms with van der Waals surface area (Å²) in [6.45, 7) is 5.86. The summed E-state index contributed by atoms with van der Waals surface area (Å²) in [7, 11) is 0. The fourth-order valence-electron chi connectivity index (χ4n) is 3.62. The minimum absolute atomic E-state index is 0.0862. The van der Waals surface area contributed by atoms with Gasteiger partial charge in [0.15, 0.2) is 0 Å². The predicted octanol–water partition coefficient (Wildman–Crippen LogP) is 6.42. The van der Waals surface area contributed by atoms with Gasteiger partial charge in [-0.1, -0.05) is 29.8 Å². The first-order chi connectivity index (χ1) is 16.3. The van der Waals surface area contributed by atoms with Crippen LogP contribution in [0.3, 0.4) is 0 Å². The van der Waals surface area contributed by atoms with Gasteiger partial charge < -0.3 is 14.6 Å². The maximum absolute atomic E-state index is 12.4. The molecule has 0 heterocycles. The third-order valence-corrected chi connectivity index (χ3v) is 5.50. The molecule has 1 N–H and O–H groups in total. The van der Waals surface area contributed by atoms with Crippen LogP contribution in [0.2, 0.25) is 0 Å². The molecule has 0 unspecified atom stereocenters. The van der Waals surface area contributed by atoms with Gasteiger partial charge in [0, 0.05) is 0 Å². The molecule has 0 saturated heterocycles. The van der Waals surface area contributed by atoms with Gasteiger partial charge in [-0.3, -0.25) is 0 Å². The Kier molecular flexibility index (Phi) is 6.46. The summed E-state index contributed by atoms with van der Waals surface area (Å²) >= 11 is 0. The number of phenols is 1. The molecule has 0 atom stereocenters. The number of hydrogen-bond donors (Lipinski definition) is 1. The number of ether oxygens (including phenoxy) is 2. The van der Waals surface area contributed by atoms with Gasteiger partial charge in [0.05, 0.1) is 11.1 Å². The van der Waals surface area contributed by atoms with E-state index in [0.717, 1.165) is 27.8 Å². The van der Waals surface area contributed by atoms with Crippen LogP contribution in [-0.4, -0.2) is 17.0 Å². The van der Waals surface area contributed by atoms with E-state index in [4.69, 9.17) is 9.47 Å². The standard InChI is InChI=1S/C29H24O5/c1-18-4-6-21(7-5-18)28(31)33-24-12-14-26(19(2)16-24)27-15-13-25(17-20(27)3)34-29(32)22-8-10-23(30)11-9-22/h4-17,30H,1-3H3. The fourth-order valence-corrected chi connectivity index (χ4v) is 3.62. The Morgan fingerprint density at radius 3 is 1.41 bits per heavy atom. The van der Waals surface area contributed by atoms with E-state index in [9.17, 15) is 14.7 Å². The van der Waals surface area contributed by atoms with Crippen LogP contribution in [0.25, 0.3) is 11.1 Å². The lowest BCUT2D eigenvalue weighted by Gasteiger charge is -2.13. The summed E-state index contributed by atoms with van der Waals surface area (Å²) in [4.78, 5) is 24.8. The summed E-state index contributed by atoms with van der Waals surface area (Å²) in [5.41, 5.74) is 5.79. The van der Waals surface area contributed by atoms with Crippen molar-refractivity contribution in [3.05, 3.63) is 113 Å². The molecule has 0 fully saturated rings. The van der Waals surface area contributed by atoms with Gasteiger partial charge in [0.1, 0.15) is 17.2 Å². The van der Waals surface area contributed by atoms with Crippen molar-refractivity contribution in [3.8, 4) is 28.4 Å². The molecule has 5 nitrogen and oxygen atoms in total. The fraction of sp³-hybridized carbons (Fsp3) is 0.103. The lowest BCUT2D eigenvalue weighted by molar-refractivity contribution is 0.0725. The normalized spacial score (nSPS) is 10.6. The van der Waals surface area contributed by atoms with E-state index in [1.165, 1.54) is 24.3 Å². The highest BCUT2D eigenvalue weighted by Crippen LogP contribution is 2.32. The van der Waals surface area contributed by atoms with E-state index in [-0.39, 0.29) is 5.75 Å². The van der Waals surface area contributed by atoms with Crippen molar-refractivity contribution in [1.82, 2.24) is 0 Å². The summed E-state index contributed by atoms with van der Waals surface area (Å²) in [5.74, 6) is 0.0961. The second-order valence-electron chi connectivity index (χ2n) is 8.15. The van der Waals surface area contributed by atoms with Crippen LogP contribution in [0.4, 0.5) is 0 Å². The lowest BCUT2D eigenvalue weighted by Crippen LogP contribution is -2.08. The number of carbonyl (C=O) groups excluding carboxylic acids is 2. The highest BCUT2D eigenvalue weighted by molar-refractivity contribution is 5.92. The van der Waals surface area contributed by atoms with E-state index in [1.807, 2.05) is 51.1 Å². The molecule has 0 aromatic heterocycles. The van der Waals surface area contributed by atoms with Crippen LogP contribution >= 0.6 is 0 Å². The van der Waals surface area contributed by atoms with Gasteiger partial charge in [-0.25, -0.2) is 9.59 Å². The lowest BCUT2D eigenvalue weighted by atomic mass is 9.96. The monoisotopic (exact) mass is 452 g/mol. The van der Waals surface area contributed by atoms with Crippen molar-refractivity contribution < 1.29 is 24.2 Å². The topological polar surface area (TPSA) is 72.8 Å². The van der Waals surface area contributed by atoms with E-state index in [0.29, 0.717) is 22.6 Å². The van der Waals surface area contributed by atoms with Gasteiger partial charge in [0.2, 0.25) is 0 Å². The molecule has 170 valence electrons. The molecular formula is C29H24O5. The van der Waals surface area contributed by atoms with E-state index in [2.05, 4.69) is 0 Å². The average Bonchev–Trinajstić information content (AvgIpc) is 2.80. The minimum atomic E-state index is -0.497. The molecule has 0 aliphatic carbocycles. The maximum atomic E-state index is 12.4. The second-order valence-corrected chi connectivity index (χ2v) is 8.15. The van der Waals surface area contributed by atoms with E-state index in [1.54, 1.807) is 30.3 Å². The molecule has 0 spiro atoms. The third-order valence-electron chi connectivity index (χ3n) is 5.50. The van der Waals surface area contributed by atoms with E-state index < -0.39 is 11.9 Å². The SMILES string of the molecule is Cc1ccc(C(=O)Oc2ccc(-c3ccc(OC(=O)c4ccc(O)cc4)cc3C)c(C)c2)cc1. The molecule has 5 heteroatoms. The van der Waals surface area contributed by atoms with Crippen molar-refractivity contribution >= 4 is 11.9 Å². The number of rotatable bonds is 5. The maximum Gasteiger partial charge on any atom is 0.343 e. The number of aromatic hydroxyl groups is 1. The predicted molar refractivity (Wildman–Crippen MR) is 131 cm³/mol. The van der Waals surface area contributed by atoms with E-state index >= 15 is 0 Å². The number of phenolic OH excluding ortho intramolecular Hbond substituents is 1. The van der Waals surface area contributed by atoms with Gasteiger partial charge in [-0.05, 0) is 104 Å². The van der Waals surface area contributed by atoms with Gasteiger partial charge >= 0.3 is 11.9 Å². The molecule has 0 aliphatic heterocycles. The molecule has 0 amide bonds. The van der Waals surface area contributed by atoms with Crippen LogP contribution in [-0.2, 0) is 0 Å². The van der Waals surface area contributed by atoms with Crippen molar-refractivity contribution in [3.63, 3.8) is 0 Å². The van der Waals surface area contributed by atoms with Crippen LogP contribution in [0.15, 0.2) is 84.9 Å². The third kappa shape index (κ3) is 5.15. The molecule has 0 radical (unpaired) electrons. The number of hydrogen-bond acceptors (Lipinski definition) is 5. The smallest absolute Gasteiger partial charge is 0.343 e. The molecule has 0 aliphatic rings. The Balaban J connectivity index is 1.49. The van der Waals surface area contributed by atoms with Crippen LogP contribution in [0.5, 0.6) is 17.2 Å².